The Morgan fingerprint density at radius 3 is 2.17 bits per heavy atom. The SMILES string of the molecule is CC1(C)C[C@H](O)[C@]2(CO)[C@H](O)C[C@]3(C)C(=CC[C@@H]4[C@@]5(C)CC[C@H](O)[C@@](C)(C=O)[C@@H]5CC[C@]43C)[C@@H]2C1. The van der Waals surface area contributed by atoms with Crippen molar-refractivity contribution in [1.82, 2.24) is 0 Å². The summed E-state index contributed by atoms with van der Waals surface area (Å²) in [5.74, 6) is 0.453. The summed E-state index contributed by atoms with van der Waals surface area (Å²) in [5, 5.41) is 44.6. The summed E-state index contributed by atoms with van der Waals surface area (Å²) >= 11 is 0. The number of hydrogen-bond donors (Lipinski definition) is 4. The molecule has 0 radical (unpaired) electrons. The minimum Gasteiger partial charge on any atom is -0.396 e. The van der Waals surface area contributed by atoms with Gasteiger partial charge in [0.05, 0.1) is 35.7 Å². The van der Waals surface area contributed by atoms with Crippen LogP contribution in [0.1, 0.15) is 92.9 Å². The highest BCUT2D eigenvalue weighted by atomic mass is 16.3. The number of aliphatic hydroxyl groups is 4. The van der Waals surface area contributed by atoms with Gasteiger partial charge in [-0.05, 0) is 90.8 Å². The monoisotopic (exact) mass is 488 g/mol. The molecule has 5 heteroatoms. The summed E-state index contributed by atoms with van der Waals surface area (Å²) in [4.78, 5) is 12.3. The molecule has 0 heterocycles. The van der Waals surface area contributed by atoms with Crippen molar-refractivity contribution in [3.63, 3.8) is 0 Å². The third kappa shape index (κ3) is 2.99. The van der Waals surface area contributed by atoms with Crippen LogP contribution in [0.2, 0.25) is 0 Å². The van der Waals surface area contributed by atoms with Gasteiger partial charge in [-0.25, -0.2) is 0 Å². The van der Waals surface area contributed by atoms with Crippen molar-refractivity contribution >= 4 is 6.29 Å². The minimum atomic E-state index is -0.893. The van der Waals surface area contributed by atoms with Crippen LogP contribution in [0.5, 0.6) is 0 Å². The number of hydrogen-bond acceptors (Lipinski definition) is 5. The Labute approximate surface area is 211 Å². The third-order valence-corrected chi connectivity index (χ3v) is 13.1. The van der Waals surface area contributed by atoms with Crippen LogP contribution < -0.4 is 0 Å². The van der Waals surface area contributed by atoms with E-state index in [4.69, 9.17) is 0 Å². The molecule has 0 amide bonds. The van der Waals surface area contributed by atoms with Gasteiger partial charge in [0.15, 0.2) is 0 Å². The van der Waals surface area contributed by atoms with Gasteiger partial charge in [0.2, 0.25) is 0 Å². The van der Waals surface area contributed by atoms with Crippen LogP contribution in [0, 0.1) is 50.2 Å². The van der Waals surface area contributed by atoms with Gasteiger partial charge in [0.1, 0.15) is 6.29 Å². The van der Waals surface area contributed by atoms with Gasteiger partial charge in [-0.1, -0.05) is 53.2 Å². The average Bonchev–Trinajstić information content (AvgIpc) is 2.76. The maximum absolute atomic E-state index is 12.3. The first-order valence-corrected chi connectivity index (χ1v) is 14.0. The van der Waals surface area contributed by atoms with Crippen molar-refractivity contribution in [2.75, 3.05) is 6.61 Å². The number of allylic oxidation sites excluding steroid dienone is 2. The predicted octanol–water partition coefficient (Wildman–Crippen LogP) is 4.26. The molecule has 0 unspecified atom stereocenters. The molecule has 4 saturated carbocycles. The van der Waals surface area contributed by atoms with E-state index in [1.807, 2.05) is 6.92 Å². The Morgan fingerprint density at radius 1 is 0.886 bits per heavy atom. The maximum Gasteiger partial charge on any atom is 0.128 e. The van der Waals surface area contributed by atoms with E-state index in [9.17, 15) is 25.2 Å². The second-order valence-corrected chi connectivity index (χ2v) is 15.0. The van der Waals surface area contributed by atoms with E-state index in [1.165, 1.54) is 5.57 Å². The number of rotatable bonds is 2. The molecule has 0 aromatic rings. The maximum atomic E-state index is 12.3. The van der Waals surface area contributed by atoms with Crippen LogP contribution in [0.25, 0.3) is 0 Å². The van der Waals surface area contributed by atoms with Crippen molar-refractivity contribution in [1.29, 1.82) is 0 Å². The number of fused-ring (bicyclic) bond motifs is 7. The van der Waals surface area contributed by atoms with Gasteiger partial charge in [0.25, 0.3) is 0 Å². The van der Waals surface area contributed by atoms with Crippen molar-refractivity contribution in [2.24, 2.45) is 50.2 Å². The van der Waals surface area contributed by atoms with Gasteiger partial charge in [-0.15, -0.1) is 0 Å². The molecule has 4 N–H and O–H groups in total. The molecular formula is C30H48O5. The number of aliphatic hydroxyl groups excluding tert-OH is 4. The van der Waals surface area contributed by atoms with Gasteiger partial charge in [-0.2, -0.15) is 0 Å². The predicted molar refractivity (Wildman–Crippen MR) is 135 cm³/mol. The highest BCUT2D eigenvalue weighted by Gasteiger charge is 2.71. The fourth-order valence-corrected chi connectivity index (χ4v) is 10.8. The molecule has 0 aliphatic heterocycles. The van der Waals surface area contributed by atoms with Crippen molar-refractivity contribution in [3.05, 3.63) is 11.6 Å². The lowest BCUT2D eigenvalue weighted by molar-refractivity contribution is -0.233. The second-order valence-electron chi connectivity index (χ2n) is 15.0. The fourth-order valence-electron chi connectivity index (χ4n) is 10.8. The lowest BCUT2D eigenvalue weighted by Crippen LogP contribution is -2.69. The molecule has 35 heavy (non-hydrogen) atoms. The first-order chi connectivity index (χ1) is 16.2. The summed E-state index contributed by atoms with van der Waals surface area (Å²) in [6, 6.07) is 0. The molecule has 5 aliphatic rings. The average molecular weight is 489 g/mol. The molecule has 0 aromatic carbocycles. The van der Waals surface area contributed by atoms with Gasteiger partial charge in [0, 0.05) is 0 Å². The zero-order valence-corrected chi connectivity index (χ0v) is 22.7. The van der Waals surface area contributed by atoms with Crippen molar-refractivity contribution in [3.8, 4) is 0 Å². The largest absolute Gasteiger partial charge is 0.396 e. The quantitative estimate of drug-likeness (QED) is 0.344. The molecule has 0 spiro atoms. The number of carbonyl (C=O) groups excluding carboxylic acids is 1. The smallest absolute Gasteiger partial charge is 0.128 e. The molecule has 0 aromatic heterocycles. The Balaban J connectivity index is 1.63. The van der Waals surface area contributed by atoms with Crippen molar-refractivity contribution < 1.29 is 25.2 Å². The van der Waals surface area contributed by atoms with E-state index < -0.39 is 29.1 Å². The van der Waals surface area contributed by atoms with Gasteiger partial charge >= 0.3 is 0 Å². The second kappa shape index (κ2) is 7.65. The Morgan fingerprint density at radius 2 is 1.54 bits per heavy atom. The molecule has 5 aliphatic carbocycles. The highest BCUT2D eigenvalue weighted by Crippen LogP contribution is 2.75. The normalized spacial score (nSPS) is 57.1. The molecule has 198 valence electrons. The van der Waals surface area contributed by atoms with E-state index in [0.29, 0.717) is 25.2 Å². The molecule has 5 nitrogen and oxygen atoms in total. The lowest BCUT2D eigenvalue weighted by Gasteiger charge is -2.72. The Bertz CT molecular complexity index is 928. The zero-order valence-electron chi connectivity index (χ0n) is 22.7. The third-order valence-electron chi connectivity index (χ3n) is 13.1. The van der Waals surface area contributed by atoms with Crippen LogP contribution in [0.4, 0.5) is 0 Å². The first kappa shape index (κ1) is 25.9. The molecule has 5 rings (SSSR count). The summed E-state index contributed by atoms with van der Waals surface area (Å²) in [6.45, 7) is 13.3. The molecule has 0 bridgehead atoms. The molecular weight excluding hydrogens is 440 g/mol. The molecule has 0 saturated heterocycles. The van der Waals surface area contributed by atoms with Crippen molar-refractivity contribution in [2.45, 2.75) is 111 Å². The summed E-state index contributed by atoms with van der Waals surface area (Å²) in [7, 11) is 0. The van der Waals surface area contributed by atoms with Crippen LogP contribution in [-0.2, 0) is 4.79 Å². The van der Waals surface area contributed by atoms with E-state index in [2.05, 4.69) is 40.7 Å². The summed E-state index contributed by atoms with van der Waals surface area (Å²) in [6.07, 6.45) is 7.72. The Kier molecular flexibility index (Phi) is 5.65. The molecule has 4 fully saturated rings. The van der Waals surface area contributed by atoms with Gasteiger partial charge in [-0.3, -0.25) is 0 Å². The zero-order chi connectivity index (χ0) is 25.8. The van der Waals surface area contributed by atoms with Crippen LogP contribution >= 0.6 is 0 Å². The standard InChI is InChI=1S/C30H48O5/c1-25(2)13-19-18-7-8-21-26(3)11-10-22(33)27(4,16-31)20(26)9-12-28(21,5)29(18,6)15-24(35)30(19,17-32)23(34)14-25/h7,16,19-24,32-35H,8-15,17H2,1-6H3/t19-,20+,21+,22-,23-,24+,26-,27-,28+,29+,30+/m0/s1. The van der Waals surface area contributed by atoms with E-state index in [1.54, 1.807) is 0 Å². The van der Waals surface area contributed by atoms with Crippen LogP contribution in [0.15, 0.2) is 11.6 Å². The lowest BCUT2D eigenvalue weighted by atomic mass is 9.33. The Hall–Kier alpha value is -0.750. The van der Waals surface area contributed by atoms with Crippen LogP contribution in [-0.4, -0.2) is 51.6 Å². The van der Waals surface area contributed by atoms with E-state index in [-0.39, 0.29) is 40.1 Å². The topological polar surface area (TPSA) is 98.0 Å². The molecule has 11 atom stereocenters. The number of carbonyl (C=O) groups is 1. The van der Waals surface area contributed by atoms with E-state index in [0.717, 1.165) is 38.4 Å². The minimum absolute atomic E-state index is 0.0447. The van der Waals surface area contributed by atoms with Crippen LogP contribution in [0.3, 0.4) is 0 Å². The fraction of sp³-hybridized carbons (Fsp3) is 0.900. The summed E-state index contributed by atoms with van der Waals surface area (Å²) < 4.78 is 0. The highest BCUT2D eigenvalue weighted by molar-refractivity contribution is 5.61. The van der Waals surface area contributed by atoms with Gasteiger partial charge < -0.3 is 25.2 Å². The number of aldehydes is 1. The summed E-state index contributed by atoms with van der Waals surface area (Å²) in [5.41, 5.74) is -0.691. The first-order valence-electron chi connectivity index (χ1n) is 14.0. The van der Waals surface area contributed by atoms with E-state index >= 15 is 0 Å².